The summed E-state index contributed by atoms with van der Waals surface area (Å²) in [4.78, 5) is 1.33. The van der Waals surface area contributed by atoms with Gasteiger partial charge >= 0.3 is 6.18 Å². The van der Waals surface area contributed by atoms with E-state index in [0.29, 0.717) is 17.7 Å². The maximum absolute atomic E-state index is 12.6. The first-order valence-corrected chi connectivity index (χ1v) is 6.85. The minimum absolute atomic E-state index is 0.0829. The summed E-state index contributed by atoms with van der Waals surface area (Å²) < 4.78 is 38.6. The highest BCUT2D eigenvalue weighted by atomic mass is 79.9. The minimum Gasteiger partial charge on any atom is -0.389 e. The van der Waals surface area contributed by atoms with Gasteiger partial charge in [-0.05, 0) is 24.6 Å². The van der Waals surface area contributed by atoms with Crippen LogP contribution in [0.5, 0.6) is 0 Å². The molecule has 106 valence electrons. The largest absolute Gasteiger partial charge is 0.405 e. The first-order chi connectivity index (χ1) is 8.74. The van der Waals surface area contributed by atoms with Gasteiger partial charge in [-0.1, -0.05) is 35.1 Å². The second-order valence-electron chi connectivity index (χ2n) is 4.06. The van der Waals surface area contributed by atoms with Gasteiger partial charge in [0.15, 0.2) is 0 Å². The van der Waals surface area contributed by atoms with Crippen LogP contribution in [0, 0.1) is 0 Å². The minimum atomic E-state index is -4.27. The smallest absolute Gasteiger partial charge is 0.389 e. The fourth-order valence-electron chi connectivity index (χ4n) is 1.75. The van der Waals surface area contributed by atoms with Crippen molar-refractivity contribution in [2.24, 2.45) is 5.73 Å². The Balaban J connectivity index is 3.18. The fraction of sp³-hybridized carbons (Fsp3) is 0.417. The molecule has 19 heavy (non-hydrogen) atoms. The van der Waals surface area contributed by atoms with Gasteiger partial charge in [0.25, 0.3) is 0 Å². The Morgan fingerprint density at radius 1 is 1.42 bits per heavy atom. The summed E-state index contributed by atoms with van der Waals surface area (Å²) in [6.07, 6.45) is -3.67. The van der Waals surface area contributed by atoms with Gasteiger partial charge in [-0.3, -0.25) is 0 Å². The van der Waals surface area contributed by atoms with E-state index in [0.717, 1.165) is 4.47 Å². The van der Waals surface area contributed by atoms with E-state index in [9.17, 15) is 13.2 Å². The molecule has 1 rings (SSSR count). The number of thiocarbonyl (C=S) groups is 1. The van der Waals surface area contributed by atoms with Crippen molar-refractivity contribution < 1.29 is 13.2 Å². The van der Waals surface area contributed by atoms with Gasteiger partial charge in [-0.25, -0.2) is 0 Å². The molecule has 0 aromatic heterocycles. The third kappa shape index (κ3) is 4.99. The first kappa shape index (κ1) is 16.2. The van der Waals surface area contributed by atoms with E-state index in [4.69, 9.17) is 18.0 Å². The number of halogens is 4. The lowest BCUT2D eigenvalue weighted by Gasteiger charge is -2.27. The van der Waals surface area contributed by atoms with Crippen molar-refractivity contribution in [2.45, 2.75) is 19.5 Å². The van der Waals surface area contributed by atoms with Crippen molar-refractivity contribution in [2.75, 3.05) is 18.0 Å². The topological polar surface area (TPSA) is 29.3 Å². The number of anilines is 1. The average Bonchev–Trinajstić information content (AvgIpc) is 2.26. The van der Waals surface area contributed by atoms with Crippen LogP contribution in [0.4, 0.5) is 18.9 Å². The second kappa shape index (κ2) is 6.56. The van der Waals surface area contributed by atoms with E-state index < -0.39 is 12.7 Å². The Hall–Kier alpha value is -0.820. The van der Waals surface area contributed by atoms with E-state index in [-0.39, 0.29) is 11.5 Å². The summed E-state index contributed by atoms with van der Waals surface area (Å²) >= 11 is 8.16. The maximum Gasteiger partial charge on any atom is 0.405 e. The van der Waals surface area contributed by atoms with Gasteiger partial charge in [-0.15, -0.1) is 0 Å². The molecule has 0 amide bonds. The predicted molar refractivity (Wildman–Crippen MR) is 78.6 cm³/mol. The summed E-state index contributed by atoms with van der Waals surface area (Å²) in [6, 6.07) is 4.91. The fourth-order valence-corrected chi connectivity index (χ4v) is 2.28. The number of nitrogens with zero attached hydrogens (tertiary/aromatic N) is 1. The van der Waals surface area contributed by atoms with Crippen molar-refractivity contribution in [3.8, 4) is 0 Å². The molecule has 1 aromatic carbocycles. The van der Waals surface area contributed by atoms with Crippen LogP contribution < -0.4 is 10.6 Å². The van der Waals surface area contributed by atoms with Crippen molar-refractivity contribution in [1.29, 1.82) is 0 Å². The Morgan fingerprint density at radius 2 is 2.05 bits per heavy atom. The molecule has 0 spiro atoms. The quantitative estimate of drug-likeness (QED) is 0.814. The Bertz CT molecular complexity index is 463. The number of rotatable bonds is 5. The molecule has 0 aliphatic rings. The van der Waals surface area contributed by atoms with Gasteiger partial charge in [0.1, 0.15) is 11.5 Å². The summed E-state index contributed by atoms with van der Waals surface area (Å²) in [5.74, 6) is 0. The molecule has 0 aliphatic carbocycles. The zero-order chi connectivity index (χ0) is 14.6. The van der Waals surface area contributed by atoms with Gasteiger partial charge in [0, 0.05) is 22.3 Å². The molecular weight excluding hydrogens is 341 g/mol. The summed E-state index contributed by atoms with van der Waals surface area (Å²) in [6.45, 7) is 1.09. The van der Waals surface area contributed by atoms with E-state index in [1.54, 1.807) is 18.2 Å². The van der Waals surface area contributed by atoms with Gasteiger partial charge in [0.2, 0.25) is 0 Å². The lowest BCUT2D eigenvalue weighted by Crippen LogP contribution is -2.36. The Kier molecular flexibility index (Phi) is 5.61. The highest BCUT2D eigenvalue weighted by Gasteiger charge is 2.31. The molecule has 2 nitrogen and oxygen atoms in total. The standard InChI is InChI=1S/C12H14BrF3N2S/c1-2-5-18(7-12(14,15)16)10-4-3-8(13)6-9(10)11(17)19/h3-4,6H,2,5,7H2,1H3,(H2,17,19). The van der Waals surface area contributed by atoms with Crippen molar-refractivity contribution in [1.82, 2.24) is 0 Å². The van der Waals surface area contributed by atoms with Crippen LogP contribution in [0.25, 0.3) is 0 Å². The molecule has 0 bridgehead atoms. The normalized spacial score (nSPS) is 11.4. The molecule has 1 aromatic rings. The summed E-state index contributed by atoms with van der Waals surface area (Å²) in [5, 5.41) is 0. The zero-order valence-electron chi connectivity index (χ0n) is 10.3. The van der Waals surface area contributed by atoms with E-state index >= 15 is 0 Å². The molecule has 0 fully saturated rings. The lowest BCUT2D eigenvalue weighted by atomic mass is 10.1. The second-order valence-corrected chi connectivity index (χ2v) is 5.42. The molecule has 0 unspecified atom stereocenters. The molecule has 0 heterocycles. The predicted octanol–water partition coefficient (Wildman–Crippen LogP) is 3.86. The van der Waals surface area contributed by atoms with Gasteiger partial charge < -0.3 is 10.6 Å². The van der Waals surface area contributed by atoms with Crippen LogP contribution in [0.1, 0.15) is 18.9 Å². The number of hydrogen-bond donors (Lipinski definition) is 1. The van der Waals surface area contributed by atoms with Crippen LogP contribution in [-0.2, 0) is 0 Å². The molecule has 0 atom stereocenters. The van der Waals surface area contributed by atoms with Crippen molar-refractivity contribution in [3.05, 3.63) is 28.2 Å². The molecule has 0 saturated heterocycles. The number of nitrogens with two attached hydrogens (primary N) is 1. The van der Waals surface area contributed by atoms with Crippen LogP contribution in [-0.4, -0.2) is 24.3 Å². The molecule has 0 saturated carbocycles. The van der Waals surface area contributed by atoms with Crippen LogP contribution in [0.15, 0.2) is 22.7 Å². The Morgan fingerprint density at radius 3 is 2.53 bits per heavy atom. The molecule has 0 aliphatic heterocycles. The van der Waals surface area contributed by atoms with E-state index in [1.807, 2.05) is 6.92 Å². The molecule has 0 radical (unpaired) electrons. The van der Waals surface area contributed by atoms with Crippen LogP contribution in [0.3, 0.4) is 0 Å². The van der Waals surface area contributed by atoms with Crippen LogP contribution >= 0.6 is 28.1 Å². The third-order valence-corrected chi connectivity index (χ3v) is 3.14. The van der Waals surface area contributed by atoms with Crippen LogP contribution in [0.2, 0.25) is 0 Å². The highest BCUT2D eigenvalue weighted by Crippen LogP contribution is 2.28. The molecular formula is C12H14BrF3N2S. The average molecular weight is 355 g/mol. The zero-order valence-corrected chi connectivity index (χ0v) is 12.7. The lowest BCUT2D eigenvalue weighted by molar-refractivity contribution is -0.119. The monoisotopic (exact) mass is 354 g/mol. The summed E-state index contributed by atoms with van der Waals surface area (Å²) in [5.41, 5.74) is 6.44. The highest BCUT2D eigenvalue weighted by molar-refractivity contribution is 9.10. The SMILES string of the molecule is CCCN(CC(F)(F)F)c1ccc(Br)cc1C(N)=S. The number of benzene rings is 1. The number of hydrogen-bond acceptors (Lipinski definition) is 2. The number of alkyl halides is 3. The maximum atomic E-state index is 12.6. The van der Waals surface area contributed by atoms with E-state index in [1.165, 1.54) is 4.90 Å². The van der Waals surface area contributed by atoms with Gasteiger partial charge in [-0.2, -0.15) is 13.2 Å². The van der Waals surface area contributed by atoms with Crippen molar-refractivity contribution >= 4 is 38.8 Å². The first-order valence-electron chi connectivity index (χ1n) is 5.65. The molecule has 2 N–H and O–H groups in total. The summed E-state index contributed by atoms with van der Waals surface area (Å²) in [7, 11) is 0. The Labute approximate surface area is 123 Å². The third-order valence-electron chi connectivity index (χ3n) is 2.43. The molecule has 7 heteroatoms. The van der Waals surface area contributed by atoms with Crippen molar-refractivity contribution in [3.63, 3.8) is 0 Å². The van der Waals surface area contributed by atoms with Gasteiger partial charge in [0.05, 0.1) is 0 Å². The van der Waals surface area contributed by atoms with E-state index in [2.05, 4.69) is 15.9 Å².